The first kappa shape index (κ1) is 22.0. The van der Waals surface area contributed by atoms with E-state index in [0.29, 0.717) is 35.5 Å². The molecule has 7 nitrogen and oxygen atoms in total. The number of nitrogens with two attached hydrogens (primary N) is 1. The molecular formula is C16H20Cl2N6OS. The van der Waals surface area contributed by atoms with Crippen LogP contribution in [0.5, 0.6) is 0 Å². The fraction of sp³-hybridized carbons (Fsp3) is 0.250. The summed E-state index contributed by atoms with van der Waals surface area (Å²) in [6.45, 7) is 4.42. The summed E-state index contributed by atoms with van der Waals surface area (Å²) in [5.41, 5.74) is 7.49. The molecule has 0 aliphatic carbocycles. The minimum Gasteiger partial charge on any atom is -0.324 e. The molecule has 0 radical (unpaired) electrons. The molecule has 1 amide bonds. The van der Waals surface area contributed by atoms with Crippen LogP contribution in [0, 0.1) is 0 Å². The van der Waals surface area contributed by atoms with Gasteiger partial charge in [-0.3, -0.25) is 9.89 Å². The second-order valence-corrected chi connectivity index (χ2v) is 6.46. The van der Waals surface area contributed by atoms with Crippen LogP contribution in [-0.2, 0) is 6.54 Å². The number of hydrogen-bond acceptors (Lipinski definition) is 6. The van der Waals surface area contributed by atoms with Crippen LogP contribution in [0.2, 0.25) is 0 Å². The number of amides is 1. The Morgan fingerprint density at radius 3 is 2.46 bits per heavy atom. The van der Waals surface area contributed by atoms with Gasteiger partial charge in [0.25, 0.3) is 5.91 Å². The molecule has 3 aromatic rings. The number of nitrogens with zero attached hydrogens (tertiary/aromatic N) is 3. The number of benzene rings is 1. The Kier molecular flexibility index (Phi) is 8.16. The van der Waals surface area contributed by atoms with Crippen LogP contribution in [0.15, 0.2) is 29.6 Å². The molecule has 0 aliphatic heterocycles. The van der Waals surface area contributed by atoms with Gasteiger partial charge in [-0.15, -0.1) is 36.2 Å². The van der Waals surface area contributed by atoms with Gasteiger partial charge in [-0.1, -0.05) is 13.8 Å². The topological polar surface area (TPSA) is 110 Å². The maximum atomic E-state index is 12.2. The van der Waals surface area contributed by atoms with Crippen LogP contribution in [0.25, 0.3) is 11.4 Å². The summed E-state index contributed by atoms with van der Waals surface area (Å²) in [4.78, 5) is 20.9. The molecule has 0 aliphatic rings. The molecule has 10 heteroatoms. The standard InChI is InChI=1S/C16H18N6OS.2ClH/c1-9(2)16-19-12(8-24-16)15(23)18-11-5-3-10(4-6-11)14-20-13(7-17)21-22-14;;/h3-6,8-9H,7,17H2,1-2H3,(H,18,23)(H,20,21,22);2*1H. The van der Waals surface area contributed by atoms with Gasteiger partial charge < -0.3 is 11.1 Å². The third-order valence-corrected chi connectivity index (χ3v) is 4.52. The predicted molar refractivity (Wildman–Crippen MR) is 108 cm³/mol. The molecular weight excluding hydrogens is 395 g/mol. The molecule has 4 N–H and O–H groups in total. The van der Waals surface area contributed by atoms with Gasteiger partial charge in [-0.25, -0.2) is 9.97 Å². The molecule has 0 saturated carbocycles. The first-order chi connectivity index (χ1) is 11.6. The van der Waals surface area contributed by atoms with Crippen molar-refractivity contribution in [3.05, 3.63) is 46.2 Å². The van der Waals surface area contributed by atoms with Gasteiger partial charge in [-0.05, 0) is 24.3 Å². The lowest BCUT2D eigenvalue weighted by molar-refractivity contribution is 0.102. The molecule has 0 saturated heterocycles. The van der Waals surface area contributed by atoms with Gasteiger partial charge in [0.15, 0.2) is 5.82 Å². The highest BCUT2D eigenvalue weighted by Crippen LogP contribution is 2.21. The summed E-state index contributed by atoms with van der Waals surface area (Å²) >= 11 is 1.50. The first-order valence-electron chi connectivity index (χ1n) is 7.55. The van der Waals surface area contributed by atoms with Crippen LogP contribution >= 0.6 is 36.2 Å². The number of rotatable bonds is 5. The average molecular weight is 415 g/mol. The Balaban J connectivity index is 0.00000169. The summed E-state index contributed by atoms with van der Waals surface area (Å²) in [5, 5.41) is 12.4. The highest BCUT2D eigenvalue weighted by atomic mass is 35.5. The van der Waals surface area contributed by atoms with Gasteiger partial charge in [0.2, 0.25) is 0 Å². The number of halogens is 2. The monoisotopic (exact) mass is 414 g/mol. The van der Waals surface area contributed by atoms with Gasteiger partial charge in [-0.2, -0.15) is 5.10 Å². The average Bonchev–Trinajstić information content (AvgIpc) is 3.25. The van der Waals surface area contributed by atoms with Crippen LogP contribution in [0.1, 0.15) is 41.1 Å². The Morgan fingerprint density at radius 2 is 1.92 bits per heavy atom. The second kappa shape index (κ2) is 9.63. The summed E-state index contributed by atoms with van der Waals surface area (Å²) in [5.74, 6) is 1.31. The normalized spacial score (nSPS) is 10.2. The highest BCUT2D eigenvalue weighted by Gasteiger charge is 2.13. The molecule has 0 unspecified atom stereocenters. The molecule has 0 atom stereocenters. The molecule has 0 spiro atoms. The third-order valence-electron chi connectivity index (χ3n) is 3.37. The number of carbonyl (C=O) groups excluding carboxylic acids is 1. The summed E-state index contributed by atoms with van der Waals surface area (Å²) in [7, 11) is 0. The highest BCUT2D eigenvalue weighted by molar-refractivity contribution is 7.09. The van der Waals surface area contributed by atoms with E-state index >= 15 is 0 Å². The zero-order chi connectivity index (χ0) is 17.1. The van der Waals surface area contributed by atoms with Crippen LogP contribution in [0.4, 0.5) is 5.69 Å². The summed E-state index contributed by atoms with van der Waals surface area (Å²) in [6, 6.07) is 7.31. The van der Waals surface area contributed by atoms with E-state index in [1.165, 1.54) is 11.3 Å². The van der Waals surface area contributed by atoms with Crippen molar-refractivity contribution in [1.29, 1.82) is 0 Å². The molecule has 26 heavy (non-hydrogen) atoms. The number of H-pyrrole nitrogens is 1. The number of carbonyl (C=O) groups is 1. The summed E-state index contributed by atoms with van der Waals surface area (Å²) in [6.07, 6.45) is 0. The number of thiazole rings is 1. The molecule has 2 aromatic heterocycles. The van der Waals surface area contributed by atoms with Crippen molar-refractivity contribution in [3.63, 3.8) is 0 Å². The van der Waals surface area contributed by atoms with Crippen LogP contribution in [0.3, 0.4) is 0 Å². The predicted octanol–water partition coefficient (Wildman–Crippen LogP) is 3.61. The fourth-order valence-corrected chi connectivity index (χ4v) is 2.89. The van der Waals surface area contributed by atoms with Crippen molar-refractivity contribution in [1.82, 2.24) is 20.2 Å². The zero-order valence-electron chi connectivity index (χ0n) is 14.2. The lowest BCUT2D eigenvalue weighted by Gasteiger charge is -2.04. The van der Waals surface area contributed by atoms with E-state index in [9.17, 15) is 4.79 Å². The van der Waals surface area contributed by atoms with E-state index in [2.05, 4.69) is 39.3 Å². The number of nitrogens with one attached hydrogen (secondary N) is 2. The van der Waals surface area contributed by atoms with Gasteiger partial charge in [0.1, 0.15) is 11.5 Å². The lowest BCUT2D eigenvalue weighted by atomic mass is 10.2. The quantitative estimate of drug-likeness (QED) is 0.590. The number of aromatic amines is 1. The Morgan fingerprint density at radius 1 is 1.23 bits per heavy atom. The van der Waals surface area contributed by atoms with Crippen molar-refractivity contribution in [2.45, 2.75) is 26.3 Å². The van der Waals surface area contributed by atoms with E-state index in [1.807, 2.05) is 12.1 Å². The first-order valence-corrected chi connectivity index (χ1v) is 8.43. The maximum Gasteiger partial charge on any atom is 0.275 e. The maximum absolute atomic E-state index is 12.2. The molecule has 1 aromatic carbocycles. The SMILES string of the molecule is CC(C)c1nc(C(=O)Nc2ccc(-c3n[nH]c(CN)n3)cc2)cs1.Cl.Cl. The summed E-state index contributed by atoms with van der Waals surface area (Å²) < 4.78 is 0. The molecule has 0 fully saturated rings. The van der Waals surface area contributed by atoms with Crippen molar-refractivity contribution >= 4 is 47.7 Å². The van der Waals surface area contributed by atoms with E-state index in [0.717, 1.165) is 10.6 Å². The Bertz CT molecular complexity index is 847. The molecule has 140 valence electrons. The van der Waals surface area contributed by atoms with Crippen LogP contribution in [-0.4, -0.2) is 26.1 Å². The Hall–Kier alpha value is -2.00. The van der Waals surface area contributed by atoms with Gasteiger partial charge in [0.05, 0.1) is 11.6 Å². The third kappa shape index (κ3) is 5.01. The van der Waals surface area contributed by atoms with Gasteiger partial charge >= 0.3 is 0 Å². The largest absolute Gasteiger partial charge is 0.324 e. The van der Waals surface area contributed by atoms with Crippen molar-refractivity contribution in [2.24, 2.45) is 5.73 Å². The molecule has 0 bridgehead atoms. The van der Waals surface area contributed by atoms with E-state index < -0.39 is 0 Å². The smallest absolute Gasteiger partial charge is 0.275 e. The minimum atomic E-state index is -0.214. The second-order valence-electron chi connectivity index (χ2n) is 5.57. The fourth-order valence-electron chi connectivity index (χ4n) is 2.07. The van der Waals surface area contributed by atoms with Crippen molar-refractivity contribution < 1.29 is 4.79 Å². The van der Waals surface area contributed by atoms with E-state index in [1.54, 1.807) is 17.5 Å². The number of anilines is 1. The molecule has 3 rings (SSSR count). The zero-order valence-corrected chi connectivity index (χ0v) is 16.7. The number of aromatic nitrogens is 4. The minimum absolute atomic E-state index is 0. The van der Waals surface area contributed by atoms with Crippen LogP contribution < -0.4 is 11.1 Å². The van der Waals surface area contributed by atoms with Gasteiger partial charge in [0, 0.05) is 22.5 Å². The van der Waals surface area contributed by atoms with Crippen molar-refractivity contribution in [3.8, 4) is 11.4 Å². The van der Waals surface area contributed by atoms with E-state index in [4.69, 9.17) is 5.73 Å². The number of hydrogen-bond donors (Lipinski definition) is 3. The van der Waals surface area contributed by atoms with E-state index in [-0.39, 0.29) is 30.7 Å². The Labute approximate surface area is 167 Å². The molecule has 2 heterocycles. The van der Waals surface area contributed by atoms with Crippen molar-refractivity contribution in [2.75, 3.05) is 5.32 Å². The lowest BCUT2D eigenvalue weighted by Crippen LogP contribution is -2.12.